The molecule has 0 bridgehead atoms. The van der Waals surface area contributed by atoms with Crippen molar-refractivity contribution in [3.8, 4) is 5.69 Å². The van der Waals surface area contributed by atoms with E-state index in [0.717, 1.165) is 29.3 Å². The van der Waals surface area contributed by atoms with Crippen LogP contribution in [0.15, 0.2) is 70.6 Å². The molecule has 0 unspecified atom stereocenters. The van der Waals surface area contributed by atoms with Gasteiger partial charge in [0.2, 0.25) is 0 Å². The van der Waals surface area contributed by atoms with Crippen LogP contribution in [0.25, 0.3) is 16.6 Å². The number of aryl methyl sites for hydroxylation is 2. The zero-order valence-electron chi connectivity index (χ0n) is 20.3. The first kappa shape index (κ1) is 25.3. The summed E-state index contributed by atoms with van der Waals surface area (Å²) >= 11 is 1.10. The van der Waals surface area contributed by atoms with Gasteiger partial charge in [-0.3, -0.25) is 19.0 Å². The quantitative estimate of drug-likeness (QED) is 0.202. The number of ketones is 1. The molecule has 1 aromatic heterocycles. The SMILES string of the molecule is CCCNC(=O)c1ccc2c(=O)n(-c3cccc(F)c3)c(SCC(=O)c3cc(C)ccc3C)nc2c1. The first-order chi connectivity index (χ1) is 17.3. The van der Waals surface area contributed by atoms with E-state index in [4.69, 9.17) is 0 Å². The number of fused-ring (bicyclic) bond motifs is 1. The second kappa shape index (κ2) is 10.9. The number of rotatable bonds is 8. The fourth-order valence-electron chi connectivity index (χ4n) is 3.83. The standard InChI is InChI=1S/C28H26FN3O3S/c1-4-12-30-26(34)19-10-11-22-24(14-19)31-28(32(27(22)35)21-7-5-6-20(29)15-21)36-16-25(33)23-13-17(2)8-9-18(23)3/h5-11,13-15H,4,12,16H2,1-3H3,(H,30,34). The molecule has 36 heavy (non-hydrogen) atoms. The van der Waals surface area contributed by atoms with Gasteiger partial charge in [-0.2, -0.15) is 0 Å². The predicted molar refractivity (Wildman–Crippen MR) is 141 cm³/mol. The Hall–Kier alpha value is -3.78. The van der Waals surface area contributed by atoms with Gasteiger partial charge in [0, 0.05) is 17.7 Å². The van der Waals surface area contributed by atoms with Gasteiger partial charge in [-0.25, -0.2) is 9.37 Å². The van der Waals surface area contributed by atoms with Crippen molar-refractivity contribution < 1.29 is 14.0 Å². The van der Waals surface area contributed by atoms with Gasteiger partial charge in [-0.15, -0.1) is 0 Å². The number of Topliss-reactive ketones (excluding diaryl/α,β-unsaturated/α-hetero) is 1. The van der Waals surface area contributed by atoms with E-state index >= 15 is 0 Å². The molecule has 0 saturated heterocycles. The minimum atomic E-state index is -0.496. The molecule has 0 aliphatic heterocycles. The molecular weight excluding hydrogens is 477 g/mol. The largest absolute Gasteiger partial charge is 0.352 e. The summed E-state index contributed by atoms with van der Waals surface area (Å²) < 4.78 is 15.4. The van der Waals surface area contributed by atoms with Crippen molar-refractivity contribution in [2.45, 2.75) is 32.3 Å². The first-order valence-electron chi connectivity index (χ1n) is 11.6. The van der Waals surface area contributed by atoms with Crippen LogP contribution in [0.4, 0.5) is 4.39 Å². The van der Waals surface area contributed by atoms with Gasteiger partial charge in [0.25, 0.3) is 11.5 Å². The molecule has 0 aliphatic rings. The normalized spacial score (nSPS) is 11.0. The number of hydrogen-bond donors (Lipinski definition) is 1. The second-order valence-corrected chi connectivity index (χ2v) is 9.48. The van der Waals surface area contributed by atoms with E-state index in [9.17, 15) is 18.8 Å². The Kier molecular flexibility index (Phi) is 7.64. The van der Waals surface area contributed by atoms with Crippen LogP contribution in [0.1, 0.15) is 45.2 Å². The molecule has 3 aromatic carbocycles. The summed E-state index contributed by atoms with van der Waals surface area (Å²) in [4.78, 5) is 43.7. The van der Waals surface area contributed by atoms with Gasteiger partial charge < -0.3 is 5.32 Å². The van der Waals surface area contributed by atoms with Gasteiger partial charge in [0.05, 0.1) is 22.3 Å². The number of halogens is 1. The van der Waals surface area contributed by atoms with E-state index in [2.05, 4.69) is 10.3 Å². The fraction of sp³-hybridized carbons (Fsp3) is 0.214. The summed E-state index contributed by atoms with van der Waals surface area (Å²) in [7, 11) is 0. The maximum absolute atomic E-state index is 14.1. The second-order valence-electron chi connectivity index (χ2n) is 8.53. The van der Waals surface area contributed by atoms with E-state index in [1.807, 2.05) is 39.0 Å². The maximum Gasteiger partial charge on any atom is 0.266 e. The Bertz CT molecular complexity index is 1530. The average Bonchev–Trinajstić information content (AvgIpc) is 2.86. The third-order valence-electron chi connectivity index (χ3n) is 5.73. The summed E-state index contributed by atoms with van der Waals surface area (Å²) in [5.74, 6) is -0.818. The highest BCUT2D eigenvalue weighted by molar-refractivity contribution is 7.99. The molecule has 0 fully saturated rings. The summed E-state index contributed by atoms with van der Waals surface area (Å²) in [6.07, 6.45) is 0.797. The predicted octanol–water partition coefficient (Wildman–Crippen LogP) is 5.26. The van der Waals surface area contributed by atoms with Crippen molar-refractivity contribution in [2.24, 2.45) is 0 Å². The van der Waals surface area contributed by atoms with Gasteiger partial charge in [-0.1, -0.05) is 42.4 Å². The van der Waals surface area contributed by atoms with E-state index in [1.54, 1.807) is 24.3 Å². The highest BCUT2D eigenvalue weighted by Gasteiger charge is 2.18. The molecule has 4 rings (SSSR count). The van der Waals surface area contributed by atoms with Crippen LogP contribution in [-0.4, -0.2) is 33.5 Å². The number of benzene rings is 3. The molecule has 1 amide bonds. The Balaban J connectivity index is 1.79. The molecule has 0 atom stereocenters. The van der Waals surface area contributed by atoms with E-state index < -0.39 is 11.4 Å². The lowest BCUT2D eigenvalue weighted by molar-refractivity contribution is 0.0952. The average molecular weight is 504 g/mol. The molecule has 1 heterocycles. The maximum atomic E-state index is 14.1. The Labute approximate surface area is 212 Å². The number of carbonyl (C=O) groups excluding carboxylic acids is 2. The molecule has 184 valence electrons. The summed E-state index contributed by atoms with van der Waals surface area (Å²) in [6, 6.07) is 16.0. The highest BCUT2D eigenvalue weighted by atomic mass is 32.2. The van der Waals surface area contributed by atoms with Gasteiger partial charge >= 0.3 is 0 Å². The summed E-state index contributed by atoms with van der Waals surface area (Å²) in [6.45, 7) is 6.29. The lowest BCUT2D eigenvalue weighted by Gasteiger charge is -2.14. The molecule has 0 spiro atoms. The van der Waals surface area contributed by atoms with Crippen LogP contribution in [-0.2, 0) is 0 Å². The van der Waals surface area contributed by atoms with Crippen LogP contribution in [0, 0.1) is 19.7 Å². The smallest absolute Gasteiger partial charge is 0.266 e. The van der Waals surface area contributed by atoms with Crippen molar-refractivity contribution in [3.05, 3.63) is 99.1 Å². The topological polar surface area (TPSA) is 81.1 Å². The molecule has 0 saturated carbocycles. The van der Waals surface area contributed by atoms with Crippen LogP contribution < -0.4 is 10.9 Å². The molecule has 0 aliphatic carbocycles. The molecule has 6 nitrogen and oxygen atoms in total. The Morgan fingerprint density at radius 1 is 1.06 bits per heavy atom. The third-order valence-corrected chi connectivity index (χ3v) is 6.67. The molecule has 0 radical (unpaired) electrons. The molecular formula is C28H26FN3O3S. The van der Waals surface area contributed by atoms with Crippen molar-refractivity contribution in [3.63, 3.8) is 0 Å². The number of nitrogens with one attached hydrogen (secondary N) is 1. The lowest BCUT2D eigenvalue weighted by atomic mass is 10.0. The lowest BCUT2D eigenvalue weighted by Crippen LogP contribution is -2.25. The summed E-state index contributed by atoms with van der Waals surface area (Å²) in [5, 5.41) is 3.34. The van der Waals surface area contributed by atoms with Crippen molar-refractivity contribution >= 4 is 34.4 Å². The van der Waals surface area contributed by atoms with Crippen LogP contribution in [0.2, 0.25) is 0 Å². The van der Waals surface area contributed by atoms with E-state index in [-0.39, 0.29) is 28.0 Å². The minimum Gasteiger partial charge on any atom is -0.352 e. The first-order valence-corrected chi connectivity index (χ1v) is 12.6. The summed E-state index contributed by atoms with van der Waals surface area (Å²) in [5.41, 5.74) is 3.06. The zero-order chi connectivity index (χ0) is 25.8. The van der Waals surface area contributed by atoms with E-state index in [0.29, 0.717) is 28.9 Å². The molecule has 1 N–H and O–H groups in total. The number of aromatic nitrogens is 2. The monoisotopic (exact) mass is 503 g/mol. The molecule has 8 heteroatoms. The van der Waals surface area contributed by atoms with Crippen LogP contribution in [0.3, 0.4) is 0 Å². The number of carbonyl (C=O) groups is 2. The van der Waals surface area contributed by atoms with Gasteiger partial charge in [0.15, 0.2) is 10.9 Å². The molecule has 4 aromatic rings. The van der Waals surface area contributed by atoms with Crippen molar-refractivity contribution in [1.82, 2.24) is 14.9 Å². The number of amides is 1. The number of hydrogen-bond acceptors (Lipinski definition) is 5. The number of thioether (sulfide) groups is 1. The van der Waals surface area contributed by atoms with Gasteiger partial charge in [-0.05, 0) is 68.3 Å². The minimum absolute atomic E-state index is 0.0359. The van der Waals surface area contributed by atoms with E-state index in [1.165, 1.54) is 22.8 Å². The highest BCUT2D eigenvalue weighted by Crippen LogP contribution is 2.24. The Morgan fingerprint density at radius 3 is 2.61 bits per heavy atom. The Morgan fingerprint density at radius 2 is 1.86 bits per heavy atom. The van der Waals surface area contributed by atoms with Crippen LogP contribution >= 0.6 is 11.8 Å². The third kappa shape index (κ3) is 5.39. The number of nitrogens with zero attached hydrogens (tertiary/aromatic N) is 2. The van der Waals surface area contributed by atoms with Gasteiger partial charge in [0.1, 0.15) is 5.82 Å². The van der Waals surface area contributed by atoms with Crippen LogP contribution in [0.5, 0.6) is 0 Å². The van der Waals surface area contributed by atoms with Crippen molar-refractivity contribution in [1.29, 1.82) is 0 Å². The fourth-order valence-corrected chi connectivity index (χ4v) is 4.73. The van der Waals surface area contributed by atoms with Crippen molar-refractivity contribution in [2.75, 3.05) is 12.3 Å². The zero-order valence-corrected chi connectivity index (χ0v) is 21.1.